The summed E-state index contributed by atoms with van der Waals surface area (Å²) in [4.78, 5) is 15.3. The molecule has 1 aromatic carbocycles. The van der Waals surface area contributed by atoms with E-state index in [1.165, 1.54) is 31.2 Å². The molecule has 0 radical (unpaired) electrons. The number of hydrogen-bond acceptors (Lipinski definition) is 3. The van der Waals surface area contributed by atoms with Crippen LogP contribution >= 0.6 is 0 Å². The van der Waals surface area contributed by atoms with Gasteiger partial charge in [0.15, 0.2) is 17.0 Å². The molecular formula is C18H12F6N2O2. The SMILES string of the molecule is CCOC(=O)c1nc2c(C(F)(F)F)cc(-c3ccccc3)cn2c1C(F)(F)F. The number of rotatable bonds is 3. The molecule has 0 aliphatic heterocycles. The molecule has 0 atom stereocenters. The van der Waals surface area contributed by atoms with Gasteiger partial charge in [-0.05, 0) is 24.1 Å². The zero-order valence-corrected chi connectivity index (χ0v) is 14.2. The van der Waals surface area contributed by atoms with Gasteiger partial charge in [0.05, 0.1) is 12.2 Å². The van der Waals surface area contributed by atoms with Crippen molar-refractivity contribution in [3.63, 3.8) is 0 Å². The summed E-state index contributed by atoms with van der Waals surface area (Å²) in [7, 11) is 0. The van der Waals surface area contributed by atoms with Gasteiger partial charge < -0.3 is 4.74 Å². The summed E-state index contributed by atoms with van der Waals surface area (Å²) in [5, 5.41) is 0. The maximum absolute atomic E-state index is 13.6. The Hall–Kier alpha value is -3.04. The molecule has 10 heteroatoms. The van der Waals surface area contributed by atoms with Crippen LogP contribution in [0.5, 0.6) is 0 Å². The highest BCUT2D eigenvalue weighted by Gasteiger charge is 2.43. The number of carbonyl (C=O) groups excluding carboxylic acids is 1. The maximum atomic E-state index is 13.6. The Kier molecular flexibility index (Phi) is 4.82. The number of ether oxygens (including phenoxy) is 1. The Morgan fingerprint density at radius 2 is 1.68 bits per heavy atom. The van der Waals surface area contributed by atoms with Gasteiger partial charge in [-0.2, -0.15) is 26.3 Å². The first-order valence-corrected chi connectivity index (χ1v) is 7.97. The van der Waals surface area contributed by atoms with Crippen LogP contribution < -0.4 is 0 Å². The highest BCUT2D eigenvalue weighted by Crippen LogP contribution is 2.39. The van der Waals surface area contributed by atoms with Gasteiger partial charge in [-0.1, -0.05) is 30.3 Å². The van der Waals surface area contributed by atoms with Gasteiger partial charge in [0.2, 0.25) is 0 Å². The predicted octanol–water partition coefficient (Wildman–Crippen LogP) is 5.22. The third-order valence-electron chi connectivity index (χ3n) is 3.87. The van der Waals surface area contributed by atoms with Crippen LogP contribution in [0.1, 0.15) is 28.7 Å². The smallest absolute Gasteiger partial charge is 0.434 e. The molecule has 28 heavy (non-hydrogen) atoms. The van der Waals surface area contributed by atoms with E-state index in [9.17, 15) is 31.1 Å². The number of esters is 1. The van der Waals surface area contributed by atoms with Gasteiger partial charge in [0.25, 0.3) is 0 Å². The Morgan fingerprint density at radius 1 is 1.04 bits per heavy atom. The molecule has 0 saturated heterocycles. The largest absolute Gasteiger partial charge is 0.461 e. The third kappa shape index (κ3) is 3.54. The second-order valence-electron chi connectivity index (χ2n) is 5.73. The number of hydrogen-bond donors (Lipinski definition) is 0. The van der Waals surface area contributed by atoms with Crippen LogP contribution in [0.15, 0.2) is 42.6 Å². The zero-order valence-electron chi connectivity index (χ0n) is 14.2. The van der Waals surface area contributed by atoms with E-state index in [4.69, 9.17) is 0 Å². The van der Waals surface area contributed by atoms with Crippen LogP contribution in [0.3, 0.4) is 0 Å². The summed E-state index contributed by atoms with van der Waals surface area (Å²) < 4.78 is 86.3. The van der Waals surface area contributed by atoms with Crippen LogP contribution in [0.2, 0.25) is 0 Å². The first-order chi connectivity index (χ1) is 13.0. The van der Waals surface area contributed by atoms with Crippen LogP contribution in [0.25, 0.3) is 16.8 Å². The van der Waals surface area contributed by atoms with Crippen molar-refractivity contribution in [1.29, 1.82) is 0 Å². The number of halogens is 6. The maximum Gasteiger partial charge on any atom is 0.434 e. The normalized spacial score (nSPS) is 12.4. The van der Waals surface area contributed by atoms with Crippen molar-refractivity contribution in [2.75, 3.05) is 6.61 Å². The summed E-state index contributed by atoms with van der Waals surface area (Å²) in [6.07, 6.45) is -9.26. The van der Waals surface area contributed by atoms with Gasteiger partial charge in [-0.15, -0.1) is 0 Å². The molecule has 0 N–H and O–H groups in total. The van der Waals surface area contributed by atoms with E-state index in [1.54, 1.807) is 6.07 Å². The number of alkyl halides is 6. The van der Waals surface area contributed by atoms with Crippen molar-refractivity contribution < 1.29 is 35.9 Å². The monoisotopic (exact) mass is 402 g/mol. The number of fused-ring (bicyclic) bond motifs is 1. The number of pyridine rings is 1. The molecule has 4 nitrogen and oxygen atoms in total. The van der Waals surface area contributed by atoms with Crippen LogP contribution in [-0.2, 0) is 17.1 Å². The van der Waals surface area contributed by atoms with Gasteiger partial charge >= 0.3 is 18.3 Å². The molecule has 2 aromatic heterocycles. The molecule has 148 valence electrons. The Balaban J connectivity index is 2.42. The molecule has 0 saturated carbocycles. The van der Waals surface area contributed by atoms with Crippen LogP contribution in [-0.4, -0.2) is 22.0 Å². The minimum atomic E-state index is -5.14. The molecule has 2 heterocycles. The van der Waals surface area contributed by atoms with Gasteiger partial charge in [0.1, 0.15) is 0 Å². The molecular weight excluding hydrogens is 390 g/mol. The summed E-state index contributed by atoms with van der Waals surface area (Å²) in [6, 6.07) is 8.30. The number of benzene rings is 1. The Bertz CT molecular complexity index is 1020. The quantitative estimate of drug-likeness (QED) is 0.446. The van der Waals surface area contributed by atoms with Gasteiger partial charge in [0, 0.05) is 6.20 Å². The Morgan fingerprint density at radius 3 is 2.21 bits per heavy atom. The molecule has 0 bridgehead atoms. The molecule has 0 unspecified atom stereocenters. The van der Waals surface area contributed by atoms with Crippen molar-refractivity contribution in [2.45, 2.75) is 19.3 Å². The summed E-state index contributed by atoms with van der Waals surface area (Å²) in [6.45, 7) is 1.10. The van der Waals surface area contributed by atoms with E-state index in [2.05, 4.69) is 9.72 Å². The minimum Gasteiger partial charge on any atom is -0.461 e. The van der Waals surface area contributed by atoms with Gasteiger partial charge in [-0.25, -0.2) is 9.78 Å². The number of aromatic nitrogens is 2. The fourth-order valence-corrected chi connectivity index (χ4v) is 2.75. The first-order valence-electron chi connectivity index (χ1n) is 7.97. The fourth-order valence-electron chi connectivity index (χ4n) is 2.75. The molecule has 3 rings (SSSR count). The number of nitrogens with zero attached hydrogens (tertiary/aromatic N) is 2. The van der Waals surface area contributed by atoms with Crippen molar-refractivity contribution in [3.8, 4) is 11.1 Å². The number of carbonyl (C=O) groups is 1. The standard InChI is InChI=1S/C18H12F6N2O2/c1-2-28-16(27)13-14(18(22,23)24)26-9-11(10-6-4-3-5-7-10)8-12(15(26)25-13)17(19,20)21/h3-9H,2H2,1H3. The Labute approximate surface area is 154 Å². The topological polar surface area (TPSA) is 43.6 Å². The van der Waals surface area contributed by atoms with E-state index >= 15 is 0 Å². The lowest BCUT2D eigenvalue weighted by Gasteiger charge is -2.13. The van der Waals surface area contributed by atoms with Crippen LogP contribution in [0.4, 0.5) is 26.3 Å². The molecule has 0 fully saturated rings. The van der Waals surface area contributed by atoms with E-state index in [0.29, 0.717) is 6.07 Å². The first kappa shape index (κ1) is 19.7. The average Bonchev–Trinajstić information content (AvgIpc) is 3.00. The van der Waals surface area contributed by atoms with Crippen molar-refractivity contribution in [1.82, 2.24) is 9.38 Å². The summed E-state index contributed by atoms with van der Waals surface area (Å²) in [5.41, 5.74) is -5.10. The fraction of sp³-hybridized carbons (Fsp3) is 0.222. The second kappa shape index (κ2) is 6.84. The minimum absolute atomic E-state index is 0.112. The molecule has 0 aliphatic rings. The van der Waals surface area contributed by atoms with Gasteiger partial charge in [-0.3, -0.25) is 4.40 Å². The number of imidazole rings is 1. The lowest BCUT2D eigenvalue weighted by atomic mass is 10.1. The van der Waals surface area contributed by atoms with E-state index in [-0.39, 0.29) is 22.1 Å². The highest BCUT2D eigenvalue weighted by atomic mass is 19.4. The second-order valence-corrected chi connectivity index (χ2v) is 5.73. The summed E-state index contributed by atoms with van der Waals surface area (Å²) >= 11 is 0. The third-order valence-corrected chi connectivity index (χ3v) is 3.87. The lowest BCUT2D eigenvalue weighted by Crippen LogP contribution is -2.17. The predicted molar refractivity (Wildman–Crippen MR) is 86.6 cm³/mol. The van der Waals surface area contributed by atoms with E-state index in [1.807, 2.05) is 0 Å². The summed E-state index contributed by atoms with van der Waals surface area (Å²) in [5.74, 6) is -1.45. The molecule has 0 aliphatic carbocycles. The highest BCUT2D eigenvalue weighted by molar-refractivity contribution is 5.90. The van der Waals surface area contributed by atoms with Crippen LogP contribution in [0, 0.1) is 0 Å². The zero-order chi connectivity index (χ0) is 20.7. The average molecular weight is 402 g/mol. The van der Waals surface area contributed by atoms with E-state index < -0.39 is 40.9 Å². The molecule has 3 aromatic rings. The van der Waals surface area contributed by atoms with Crippen molar-refractivity contribution >= 4 is 11.6 Å². The molecule has 0 amide bonds. The van der Waals surface area contributed by atoms with E-state index in [0.717, 1.165) is 6.20 Å². The van der Waals surface area contributed by atoms with Crippen molar-refractivity contribution in [2.24, 2.45) is 0 Å². The lowest BCUT2D eigenvalue weighted by molar-refractivity contribution is -0.143. The molecule has 0 spiro atoms. The van der Waals surface area contributed by atoms with Crippen molar-refractivity contribution in [3.05, 3.63) is 59.5 Å².